The van der Waals surface area contributed by atoms with Gasteiger partial charge in [0.2, 0.25) is 5.95 Å². The Labute approximate surface area is 243 Å². The lowest BCUT2D eigenvalue weighted by molar-refractivity contribution is -0.120. The Bertz CT molecular complexity index is 1340. The number of benzene rings is 2. The molecule has 1 fully saturated rings. The molecule has 6 rings (SSSR count). The average molecular weight is 558 g/mol. The van der Waals surface area contributed by atoms with Crippen molar-refractivity contribution in [3.05, 3.63) is 59.8 Å². The molecule has 0 spiro atoms. The van der Waals surface area contributed by atoms with Crippen LogP contribution in [-0.4, -0.2) is 89.9 Å². The van der Waals surface area contributed by atoms with Crippen LogP contribution in [0.15, 0.2) is 48.7 Å². The van der Waals surface area contributed by atoms with Crippen LogP contribution in [0.2, 0.25) is 0 Å². The predicted molar refractivity (Wildman–Crippen MR) is 165 cm³/mol. The Balaban J connectivity index is 1.47. The molecule has 0 radical (unpaired) electrons. The molecule has 0 aliphatic carbocycles. The average Bonchev–Trinajstić information content (AvgIpc) is 2.93. The molecule has 0 unspecified atom stereocenters. The highest BCUT2D eigenvalue weighted by atomic mass is 16.5. The third-order valence-corrected chi connectivity index (χ3v) is 7.64. The fraction of sp³-hybridized carbons (Fsp3) is 0.469. The van der Waals surface area contributed by atoms with Gasteiger partial charge in [0.1, 0.15) is 11.5 Å². The summed E-state index contributed by atoms with van der Waals surface area (Å²) in [4.78, 5) is 29.2. The third-order valence-electron chi connectivity index (χ3n) is 7.64. The number of nitrogens with one attached hydrogen (secondary N) is 2. The maximum atomic E-state index is 12.8. The quantitative estimate of drug-likeness (QED) is 0.479. The van der Waals surface area contributed by atoms with Gasteiger partial charge in [-0.25, -0.2) is 9.97 Å². The summed E-state index contributed by atoms with van der Waals surface area (Å²) in [5, 5.41) is 7.02. The molecule has 2 aromatic carbocycles. The number of hydrogen-bond acceptors (Lipinski definition) is 9. The number of rotatable bonds is 3. The van der Waals surface area contributed by atoms with E-state index in [2.05, 4.69) is 75.5 Å². The normalized spacial score (nSPS) is 20.6. The van der Waals surface area contributed by atoms with E-state index in [0.717, 1.165) is 86.2 Å². The molecule has 41 heavy (non-hydrogen) atoms. The van der Waals surface area contributed by atoms with Gasteiger partial charge in [-0.1, -0.05) is 0 Å². The maximum absolute atomic E-state index is 12.8. The van der Waals surface area contributed by atoms with E-state index in [-0.39, 0.29) is 0 Å². The number of ether oxygens (including phenoxy) is 1. The molecular weight excluding hydrogens is 514 g/mol. The van der Waals surface area contributed by atoms with E-state index in [1.54, 1.807) is 13.3 Å². The van der Waals surface area contributed by atoms with Gasteiger partial charge in [-0.2, -0.15) is 0 Å². The Morgan fingerprint density at radius 1 is 0.951 bits per heavy atom. The maximum Gasteiger partial charge on any atom is 0.227 e. The van der Waals surface area contributed by atoms with Crippen molar-refractivity contribution in [1.82, 2.24) is 24.7 Å². The molecule has 9 nitrogen and oxygen atoms in total. The smallest absolute Gasteiger partial charge is 0.227 e. The molecule has 0 saturated carbocycles. The SMILES string of the molecule is COc1ccc2cc1CN(C)CCCC(=O)CN1CCN(CC1)Cc1cc(cc(NC(C)C)c1)Nc1nccc-2n1. The number of ketones is 1. The number of nitrogens with zero attached hydrogens (tertiary/aromatic N) is 5. The lowest BCUT2D eigenvalue weighted by Crippen LogP contribution is -2.47. The summed E-state index contributed by atoms with van der Waals surface area (Å²) in [6.07, 6.45) is 3.25. The molecule has 4 heterocycles. The minimum absolute atomic E-state index is 0.314. The van der Waals surface area contributed by atoms with Crippen molar-refractivity contribution < 1.29 is 9.53 Å². The van der Waals surface area contributed by atoms with Gasteiger partial charge in [-0.15, -0.1) is 0 Å². The van der Waals surface area contributed by atoms with Crippen LogP contribution in [0.4, 0.5) is 17.3 Å². The zero-order chi connectivity index (χ0) is 28.8. The molecule has 3 aromatic rings. The second kappa shape index (κ2) is 13.4. The van der Waals surface area contributed by atoms with Gasteiger partial charge in [-0.3, -0.25) is 14.6 Å². The van der Waals surface area contributed by atoms with Crippen LogP contribution in [0, 0.1) is 0 Å². The minimum atomic E-state index is 0.314. The van der Waals surface area contributed by atoms with Gasteiger partial charge in [0, 0.05) is 80.4 Å². The number of fused-ring (bicyclic) bond motifs is 8. The lowest BCUT2D eigenvalue weighted by atomic mass is 10.1. The van der Waals surface area contributed by atoms with Gasteiger partial charge < -0.3 is 20.3 Å². The Morgan fingerprint density at radius 3 is 2.49 bits per heavy atom. The Hall–Kier alpha value is -3.53. The van der Waals surface area contributed by atoms with Crippen molar-refractivity contribution in [3.63, 3.8) is 0 Å². The van der Waals surface area contributed by atoms with E-state index >= 15 is 0 Å². The fourth-order valence-electron chi connectivity index (χ4n) is 5.65. The number of piperazine rings is 1. The molecule has 8 bridgehead atoms. The summed E-state index contributed by atoms with van der Waals surface area (Å²) in [5.41, 5.74) is 6.18. The zero-order valence-electron chi connectivity index (χ0n) is 24.8. The van der Waals surface area contributed by atoms with Crippen molar-refractivity contribution in [3.8, 4) is 17.0 Å². The molecule has 3 aliphatic rings. The number of carbonyl (C=O) groups excluding carboxylic acids is 1. The van der Waals surface area contributed by atoms with Crippen LogP contribution in [0.25, 0.3) is 11.3 Å². The van der Waals surface area contributed by atoms with E-state index in [1.807, 2.05) is 18.2 Å². The topological polar surface area (TPSA) is 85.9 Å². The zero-order valence-corrected chi connectivity index (χ0v) is 24.8. The number of methoxy groups -OCH3 is 1. The molecule has 1 aromatic heterocycles. The Kier molecular flexibility index (Phi) is 9.49. The minimum Gasteiger partial charge on any atom is -0.496 e. The first-order valence-electron chi connectivity index (χ1n) is 14.7. The van der Waals surface area contributed by atoms with Crippen LogP contribution < -0.4 is 15.4 Å². The summed E-state index contributed by atoms with van der Waals surface area (Å²) in [7, 11) is 3.80. The molecular formula is C32H43N7O2. The third kappa shape index (κ3) is 8.03. The van der Waals surface area contributed by atoms with Gasteiger partial charge in [0.15, 0.2) is 0 Å². The van der Waals surface area contributed by atoms with E-state index in [1.165, 1.54) is 5.56 Å². The summed E-state index contributed by atoms with van der Waals surface area (Å²) in [5.74, 6) is 1.74. The first kappa shape index (κ1) is 29.0. The predicted octanol–water partition coefficient (Wildman–Crippen LogP) is 4.63. The summed E-state index contributed by atoms with van der Waals surface area (Å²) >= 11 is 0. The molecule has 9 heteroatoms. The monoisotopic (exact) mass is 557 g/mol. The summed E-state index contributed by atoms with van der Waals surface area (Å²) in [6, 6.07) is 15.0. The lowest BCUT2D eigenvalue weighted by Gasteiger charge is -2.34. The van der Waals surface area contributed by atoms with E-state index in [4.69, 9.17) is 9.72 Å². The molecule has 3 aliphatic heterocycles. The van der Waals surface area contributed by atoms with Crippen LogP contribution in [0.1, 0.15) is 37.8 Å². The molecule has 0 atom stereocenters. The van der Waals surface area contributed by atoms with Crippen molar-refractivity contribution in [1.29, 1.82) is 0 Å². The fourth-order valence-corrected chi connectivity index (χ4v) is 5.65. The van der Waals surface area contributed by atoms with Crippen LogP contribution in [0.5, 0.6) is 5.75 Å². The Morgan fingerprint density at radius 2 is 1.73 bits per heavy atom. The van der Waals surface area contributed by atoms with Crippen LogP contribution >= 0.6 is 0 Å². The van der Waals surface area contributed by atoms with Crippen molar-refractivity contribution in [2.45, 2.75) is 45.8 Å². The van der Waals surface area contributed by atoms with Gasteiger partial charge >= 0.3 is 0 Å². The van der Waals surface area contributed by atoms with Crippen molar-refractivity contribution >= 4 is 23.1 Å². The van der Waals surface area contributed by atoms with E-state index < -0.39 is 0 Å². The number of Topliss-reactive ketones (excluding diaryl/α,β-unsaturated/α-hetero) is 1. The number of hydrogen-bond donors (Lipinski definition) is 2. The molecule has 218 valence electrons. The van der Waals surface area contributed by atoms with Crippen LogP contribution in [-0.2, 0) is 17.9 Å². The first-order valence-corrected chi connectivity index (χ1v) is 14.7. The largest absolute Gasteiger partial charge is 0.496 e. The van der Waals surface area contributed by atoms with Gasteiger partial charge in [0.05, 0.1) is 19.3 Å². The highest BCUT2D eigenvalue weighted by molar-refractivity contribution is 5.80. The second-order valence-electron chi connectivity index (χ2n) is 11.6. The van der Waals surface area contributed by atoms with Crippen LogP contribution in [0.3, 0.4) is 0 Å². The molecule has 2 N–H and O–H groups in total. The second-order valence-corrected chi connectivity index (χ2v) is 11.6. The molecule has 0 amide bonds. The number of aromatic nitrogens is 2. The number of anilines is 3. The summed E-state index contributed by atoms with van der Waals surface area (Å²) < 4.78 is 5.68. The van der Waals surface area contributed by atoms with Gasteiger partial charge in [-0.05, 0) is 81.9 Å². The molecule has 1 saturated heterocycles. The standard InChI is InChI=1S/C32H43N7O2/c1-23(2)34-27-16-24-17-28(19-27)35-32-33-10-9-30(36-32)25-7-8-31(41-4)26(18-25)21-37(3)11-5-6-29(40)22-39-14-12-38(20-24)13-15-39/h7-10,16-19,23,34H,5-6,11-15,20-22H2,1-4H3,(H,33,35,36). The highest BCUT2D eigenvalue weighted by Gasteiger charge is 2.20. The number of carbonyl (C=O) groups is 1. The highest BCUT2D eigenvalue weighted by Crippen LogP contribution is 2.28. The van der Waals surface area contributed by atoms with Crippen molar-refractivity contribution in [2.75, 3.05) is 64.1 Å². The van der Waals surface area contributed by atoms with E-state index in [9.17, 15) is 4.79 Å². The summed E-state index contributed by atoms with van der Waals surface area (Å²) in [6.45, 7) is 11.0. The van der Waals surface area contributed by atoms with Crippen molar-refractivity contribution in [2.24, 2.45) is 0 Å². The first-order chi connectivity index (χ1) is 19.8. The van der Waals surface area contributed by atoms with E-state index in [0.29, 0.717) is 30.7 Å². The van der Waals surface area contributed by atoms with Gasteiger partial charge in [0.25, 0.3) is 0 Å².